The van der Waals surface area contributed by atoms with E-state index in [0.29, 0.717) is 23.9 Å². The lowest BCUT2D eigenvalue weighted by molar-refractivity contribution is 0.287. The van der Waals surface area contributed by atoms with Gasteiger partial charge in [-0.2, -0.15) is 0 Å². The predicted molar refractivity (Wildman–Crippen MR) is 105 cm³/mol. The summed E-state index contributed by atoms with van der Waals surface area (Å²) in [5, 5.41) is 0. The van der Waals surface area contributed by atoms with Gasteiger partial charge in [0.1, 0.15) is 13.2 Å². The first-order chi connectivity index (χ1) is 12.0. The Bertz CT molecular complexity index is 576. The van der Waals surface area contributed by atoms with Gasteiger partial charge in [-0.3, -0.25) is 4.99 Å². The van der Waals surface area contributed by atoms with Crippen LogP contribution in [-0.2, 0) is 22.3 Å². The van der Waals surface area contributed by atoms with Crippen LogP contribution in [0.4, 0.5) is 0 Å². The van der Waals surface area contributed by atoms with Crippen LogP contribution >= 0.6 is 0 Å². The summed E-state index contributed by atoms with van der Waals surface area (Å²) < 4.78 is 10.6. The first-order valence-electron chi connectivity index (χ1n) is 9.40. The van der Waals surface area contributed by atoms with Crippen molar-refractivity contribution in [2.45, 2.75) is 59.5 Å². The van der Waals surface area contributed by atoms with E-state index in [4.69, 9.17) is 9.47 Å². The fourth-order valence-corrected chi connectivity index (χ4v) is 2.62. The predicted octanol–water partition coefficient (Wildman–Crippen LogP) is 4.31. The Balaban J connectivity index is 0.000000236. The minimum absolute atomic E-state index is 0.347. The molecule has 1 aromatic rings. The average molecular weight is 344 g/mol. The van der Waals surface area contributed by atoms with Gasteiger partial charge in [-0.15, -0.1) is 0 Å². The summed E-state index contributed by atoms with van der Waals surface area (Å²) in [4.78, 5) is 8.71. The highest BCUT2D eigenvalue weighted by atomic mass is 16.5. The Morgan fingerprint density at radius 3 is 2.04 bits per heavy atom. The molecule has 0 saturated heterocycles. The molecule has 2 aliphatic heterocycles. The molecular formula is C21H32N2O2. The van der Waals surface area contributed by atoms with Crippen molar-refractivity contribution in [3.63, 3.8) is 0 Å². The molecule has 138 valence electrons. The highest BCUT2D eigenvalue weighted by Crippen LogP contribution is 2.16. The summed E-state index contributed by atoms with van der Waals surface area (Å²) in [6.07, 6.45) is 3.46. The van der Waals surface area contributed by atoms with Gasteiger partial charge in [0, 0.05) is 6.42 Å². The molecule has 0 radical (unpaired) electrons. The molecule has 2 unspecified atom stereocenters. The maximum Gasteiger partial charge on any atom is 0.188 e. The van der Waals surface area contributed by atoms with Gasteiger partial charge in [0.2, 0.25) is 0 Å². The molecule has 0 bridgehead atoms. The summed E-state index contributed by atoms with van der Waals surface area (Å²) in [5.41, 5.74) is 2.66. The number of aryl methyl sites for hydroxylation is 1. The van der Waals surface area contributed by atoms with Crippen LogP contribution in [0.1, 0.15) is 45.7 Å². The maximum atomic E-state index is 5.64. The minimum Gasteiger partial charge on any atom is -0.481 e. The lowest BCUT2D eigenvalue weighted by Gasteiger charge is -2.06. The Hall–Kier alpha value is -1.84. The quantitative estimate of drug-likeness (QED) is 0.798. The topological polar surface area (TPSA) is 43.2 Å². The van der Waals surface area contributed by atoms with Crippen LogP contribution in [0, 0.1) is 11.8 Å². The molecule has 4 nitrogen and oxygen atoms in total. The average Bonchev–Trinajstić information content (AvgIpc) is 3.28. The van der Waals surface area contributed by atoms with Crippen molar-refractivity contribution < 1.29 is 9.47 Å². The summed E-state index contributed by atoms with van der Waals surface area (Å²) in [7, 11) is 0. The smallest absolute Gasteiger partial charge is 0.188 e. The molecule has 25 heavy (non-hydrogen) atoms. The van der Waals surface area contributed by atoms with E-state index >= 15 is 0 Å². The van der Waals surface area contributed by atoms with E-state index in [1.54, 1.807) is 6.40 Å². The van der Waals surface area contributed by atoms with Crippen molar-refractivity contribution in [2.24, 2.45) is 21.8 Å². The zero-order chi connectivity index (χ0) is 18.2. The van der Waals surface area contributed by atoms with E-state index in [1.807, 2.05) is 0 Å². The third-order valence-electron chi connectivity index (χ3n) is 4.65. The summed E-state index contributed by atoms with van der Waals surface area (Å²) in [6.45, 7) is 12.4. The minimum atomic E-state index is 0.347. The SMILES string of the molecule is CC(C)C1COC=N1.CCc1ccc(CC2=NC(C(C)C)CO2)cc1. The van der Waals surface area contributed by atoms with Gasteiger partial charge in [0.15, 0.2) is 12.3 Å². The van der Waals surface area contributed by atoms with Crippen molar-refractivity contribution >= 4 is 12.3 Å². The standard InChI is InChI=1S/C15H21NO.C6H11NO/c1-4-12-5-7-13(8-6-12)9-15-16-14(10-17-15)11(2)3;1-5(2)6-3-8-4-7-6/h5-8,11,14H,4,9-10H2,1-3H3;4-6H,3H2,1-2H3. The molecule has 0 amide bonds. The molecule has 0 spiro atoms. The lowest BCUT2D eigenvalue weighted by Crippen LogP contribution is -2.13. The van der Waals surface area contributed by atoms with Crippen LogP contribution < -0.4 is 0 Å². The molecule has 0 aliphatic carbocycles. The highest BCUT2D eigenvalue weighted by molar-refractivity contribution is 5.80. The second kappa shape index (κ2) is 9.59. The van der Waals surface area contributed by atoms with Crippen LogP contribution in [0.15, 0.2) is 34.3 Å². The van der Waals surface area contributed by atoms with Crippen molar-refractivity contribution in [2.75, 3.05) is 13.2 Å². The molecule has 0 aromatic heterocycles. The molecular weight excluding hydrogens is 312 g/mol. The molecule has 4 heteroatoms. The largest absolute Gasteiger partial charge is 0.481 e. The van der Waals surface area contributed by atoms with Gasteiger partial charge >= 0.3 is 0 Å². The molecule has 0 N–H and O–H groups in total. The van der Waals surface area contributed by atoms with Gasteiger partial charge in [-0.1, -0.05) is 58.9 Å². The maximum absolute atomic E-state index is 5.64. The van der Waals surface area contributed by atoms with E-state index in [2.05, 4.69) is 68.9 Å². The third kappa shape index (κ3) is 6.18. The number of nitrogens with zero attached hydrogens (tertiary/aromatic N) is 2. The molecule has 2 atom stereocenters. The van der Waals surface area contributed by atoms with Gasteiger partial charge in [0.25, 0.3) is 0 Å². The molecule has 0 fully saturated rings. The summed E-state index contributed by atoms with van der Waals surface area (Å²) in [5.74, 6) is 2.08. The summed E-state index contributed by atoms with van der Waals surface area (Å²) in [6, 6.07) is 9.48. The second-order valence-electron chi connectivity index (χ2n) is 7.39. The monoisotopic (exact) mass is 344 g/mol. The van der Waals surface area contributed by atoms with Crippen LogP contribution in [0.5, 0.6) is 0 Å². The number of ether oxygens (including phenoxy) is 2. The molecule has 3 rings (SSSR count). The fraction of sp³-hybridized carbons (Fsp3) is 0.619. The number of benzene rings is 1. The van der Waals surface area contributed by atoms with Crippen molar-refractivity contribution in [3.8, 4) is 0 Å². The van der Waals surface area contributed by atoms with Gasteiger partial charge in [0.05, 0.1) is 12.1 Å². The van der Waals surface area contributed by atoms with Crippen molar-refractivity contribution in [3.05, 3.63) is 35.4 Å². The Morgan fingerprint density at radius 1 is 0.960 bits per heavy atom. The van der Waals surface area contributed by atoms with E-state index in [0.717, 1.165) is 32.0 Å². The Morgan fingerprint density at radius 2 is 1.60 bits per heavy atom. The number of aliphatic imine (C=N–C) groups is 2. The fourth-order valence-electron chi connectivity index (χ4n) is 2.62. The van der Waals surface area contributed by atoms with Gasteiger partial charge in [-0.05, 0) is 29.4 Å². The van der Waals surface area contributed by atoms with Gasteiger partial charge < -0.3 is 9.47 Å². The second-order valence-corrected chi connectivity index (χ2v) is 7.39. The Kier molecular flexibility index (Phi) is 7.48. The third-order valence-corrected chi connectivity index (χ3v) is 4.65. The molecule has 1 aromatic carbocycles. The molecule has 0 saturated carbocycles. The molecule has 2 aliphatic rings. The van der Waals surface area contributed by atoms with E-state index < -0.39 is 0 Å². The highest BCUT2D eigenvalue weighted by Gasteiger charge is 2.21. The van der Waals surface area contributed by atoms with Crippen molar-refractivity contribution in [1.82, 2.24) is 0 Å². The normalized spacial score (nSPS) is 21.6. The summed E-state index contributed by atoms with van der Waals surface area (Å²) >= 11 is 0. The first-order valence-corrected chi connectivity index (χ1v) is 9.40. The Labute approximate surface area is 152 Å². The zero-order valence-corrected chi connectivity index (χ0v) is 16.2. The first kappa shape index (κ1) is 19.5. The van der Waals surface area contributed by atoms with Crippen LogP contribution in [0.25, 0.3) is 0 Å². The number of rotatable bonds is 5. The molecule has 2 heterocycles. The number of hydrogen-bond acceptors (Lipinski definition) is 4. The van der Waals surface area contributed by atoms with E-state index in [1.165, 1.54) is 11.1 Å². The van der Waals surface area contributed by atoms with Crippen LogP contribution in [0.2, 0.25) is 0 Å². The van der Waals surface area contributed by atoms with Crippen LogP contribution in [0.3, 0.4) is 0 Å². The zero-order valence-electron chi connectivity index (χ0n) is 16.2. The van der Waals surface area contributed by atoms with Crippen LogP contribution in [-0.4, -0.2) is 37.6 Å². The van der Waals surface area contributed by atoms with E-state index in [9.17, 15) is 0 Å². The van der Waals surface area contributed by atoms with Crippen molar-refractivity contribution in [1.29, 1.82) is 0 Å². The lowest BCUT2D eigenvalue weighted by atomic mass is 10.1. The number of hydrogen-bond donors (Lipinski definition) is 0. The van der Waals surface area contributed by atoms with E-state index in [-0.39, 0.29) is 0 Å². The van der Waals surface area contributed by atoms with Gasteiger partial charge in [-0.25, -0.2) is 4.99 Å².